The lowest BCUT2D eigenvalue weighted by molar-refractivity contribution is -0.142. The number of benzene rings is 1. The first kappa shape index (κ1) is 19.1. The van der Waals surface area contributed by atoms with E-state index in [2.05, 4.69) is 42.2 Å². The monoisotopic (exact) mass is 406 g/mol. The van der Waals surface area contributed by atoms with Crippen molar-refractivity contribution < 1.29 is 14.3 Å². The predicted molar refractivity (Wildman–Crippen MR) is 110 cm³/mol. The van der Waals surface area contributed by atoms with Gasteiger partial charge in [0.15, 0.2) is 0 Å². The van der Waals surface area contributed by atoms with Crippen LogP contribution >= 0.6 is 0 Å². The third kappa shape index (κ3) is 2.88. The second kappa shape index (κ2) is 6.80. The smallest absolute Gasteiger partial charge is 0.230 e. The van der Waals surface area contributed by atoms with E-state index in [1.165, 1.54) is 11.1 Å². The molecule has 1 aromatic carbocycles. The highest BCUT2D eigenvalue weighted by Crippen LogP contribution is 2.52. The molecule has 4 atom stereocenters. The van der Waals surface area contributed by atoms with Crippen LogP contribution in [0.4, 0.5) is 0 Å². The van der Waals surface area contributed by atoms with Crippen molar-refractivity contribution in [1.29, 1.82) is 0 Å². The van der Waals surface area contributed by atoms with E-state index < -0.39 is 17.4 Å². The SMILES string of the molecule is Cc1ccc(CN2C[C@]34C=C[C@H](O3)[C@@H](C(=O)N(C)Cc3ccn[nH]3)[C@H]4C2=O)cc1C. The maximum Gasteiger partial charge on any atom is 0.230 e. The molecule has 1 spiro atoms. The third-order valence-electron chi connectivity index (χ3n) is 6.75. The van der Waals surface area contributed by atoms with Crippen LogP contribution in [0.3, 0.4) is 0 Å². The molecule has 2 fully saturated rings. The van der Waals surface area contributed by atoms with Crippen LogP contribution < -0.4 is 0 Å². The quantitative estimate of drug-likeness (QED) is 0.770. The van der Waals surface area contributed by atoms with Crippen molar-refractivity contribution in [3.63, 3.8) is 0 Å². The summed E-state index contributed by atoms with van der Waals surface area (Å²) in [4.78, 5) is 30.2. The van der Waals surface area contributed by atoms with Crippen molar-refractivity contribution in [1.82, 2.24) is 20.0 Å². The molecule has 0 aliphatic carbocycles. The Morgan fingerprint density at radius 3 is 2.90 bits per heavy atom. The van der Waals surface area contributed by atoms with Gasteiger partial charge >= 0.3 is 0 Å². The largest absolute Gasteiger partial charge is 0.360 e. The summed E-state index contributed by atoms with van der Waals surface area (Å²) in [5.41, 5.74) is 3.71. The second-order valence-corrected chi connectivity index (χ2v) is 8.79. The molecule has 3 aliphatic rings. The zero-order valence-electron chi connectivity index (χ0n) is 17.5. The van der Waals surface area contributed by atoms with Gasteiger partial charge in [-0.1, -0.05) is 30.4 Å². The Balaban J connectivity index is 1.36. The van der Waals surface area contributed by atoms with Crippen LogP contribution in [-0.4, -0.2) is 57.1 Å². The van der Waals surface area contributed by atoms with E-state index in [0.717, 1.165) is 11.3 Å². The highest BCUT2D eigenvalue weighted by atomic mass is 16.5. The van der Waals surface area contributed by atoms with Gasteiger partial charge in [0, 0.05) is 19.8 Å². The summed E-state index contributed by atoms with van der Waals surface area (Å²) in [6.07, 6.45) is 5.28. The van der Waals surface area contributed by atoms with Gasteiger partial charge in [0.2, 0.25) is 11.8 Å². The van der Waals surface area contributed by atoms with Crippen LogP contribution in [0.2, 0.25) is 0 Å². The number of rotatable bonds is 5. The van der Waals surface area contributed by atoms with Crippen molar-refractivity contribution in [2.75, 3.05) is 13.6 Å². The Labute approximate surface area is 175 Å². The van der Waals surface area contributed by atoms with Crippen LogP contribution in [-0.2, 0) is 27.4 Å². The maximum absolute atomic E-state index is 13.4. The van der Waals surface area contributed by atoms with Crippen molar-refractivity contribution in [3.05, 3.63) is 65.0 Å². The van der Waals surface area contributed by atoms with E-state index in [-0.39, 0.29) is 17.9 Å². The molecule has 2 bridgehead atoms. The maximum atomic E-state index is 13.4. The van der Waals surface area contributed by atoms with E-state index in [0.29, 0.717) is 19.6 Å². The number of aryl methyl sites for hydroxylation is 2. The summed E-state index contributed by atoms with van der Waals surface area (Å²) in [6, 6.07) is 8.12. The lowest BCUT2D eigenvalue weighted by Crippen LogP contribution is -2.44. The summed E-state index contributed by atoms with van der Waals surface area (Å²) in [7, 11) is 1.76. The standard InChI is InChI=1S/C23H26N4O3/c1-14-4-5-16(10-15(14)2)11-27-13-23-8-6-18(30-23)19(20(23)22(27)29)21(28)26(3)12-17-7-9-24-25-17/h4-10,18-20H,11-13H2,1-3H3,(H,24,25)/t18-,19+,20-,23-/m0/s1. The summed E-state index contributed by atoms with van der Waals surface area (Å²) in [6.45, 7) is 5.61. The van der Waals surface area contributed by atoms with Crippen LogP contribution in [0, 0.1) is 25.7 Å². The molecule has 4 heterocycles. The van der Waals surface area contributed by atoms with Crippen molar-refractivity contribution in [3.8, 4) is 0 Å². The zero-order valence-corrected chi connectivity index (χ0v) is 17.5. The van der Waals surface area contributed by atoms with Crippen LogP contribution in [0.15, 0.2) is 42.6 Å². The number of aromatic nitrogens is 2. The molecule has 3 aliphatic heterocycles. The number of hydrogen-bond acceptors (Lipinski definition) is 4. The molecule has 1 N–H and O–H groups in total. The molecule has 0 saturated carbocycles. The van der Waals surface area contributed by atoms with Gasteiger partial charge in [-0.2, -0.15) is 5.10 Å². The number of aromatic amines is 1. The first-order valence-corrected chi connectivity index (χ1v) is 10.3. The molecule has 156 valence electrons. The van der Waals surface area contributed by atoms with E-state index in [1.807, 2.05) is 23.1 Å². The normalized spacial score (nSPS) is 29.0. The average Bonchev–Trinajstić information content (AvgIpc) is 3.47. The number of carbonyl (C=O) groups excluding carboxylic acids is 2. The molecule has 7 nitrogen and oxygen atoms in total. The Kier molecular flexibility index (Phi) is 4.32. The molecular weight excluding hydrogens is 380 g/mol. The third-order valence-corrected chi connectivity index (χ3v) is 6.75. The minimum Gasteiger partial charge on any atom is -0.360 e. The summed E-state index contributed by atoms with van der Waals surface area (Å²) in [5.74, 6) is -1.00. The van der Waals surface area contributed by atoms with Gasteiger partial charge in [-0.05, 0) is 36.6 Å². The van der Waals surface area contributed by atoms with E-state index in [9.17, 15) is 9.59 Å². The minimum absolute atomic E-state index is 0.00775. The minimum atomic E-state index is -0.684. The number of fused-ring (bicyclic) bond motifs is 1. The fourth-order valence-electron chi connectivity index (χ4n) is 5.08. The Morgan fingerprint density at radius 1 is 1.33 bits per heavy atom. The molecule has 1 aromatic heterocycles. The number of ether oxygens (including phenoxy) is 1. The number of H-pyrrole nitrogens is 1. The summed E-state index contributed by atoms with van der Waals surface area (Å²) < 4.78 is 6.24. The van der Waals surface area contributed by atoms with Crippen LogP contribution in [0.25, 0.3) is 0 Å². The average molecular weight is 406 g/mol. The fourth-order valence-corrected chi connectivity index (χ4v) is 5.08. The zero-order chi connectivity index (χ0) is 21.0. The number of likely N-dealkylation sites (tertiary alicyclic amines) is 1. The van der Waals surface area contributed by atoms with E-state index >= 15 is 0 Å². The van der Waals surface area contributed by atoms with Gasteiger partial charge in [-0.15, -0.1) is 0 Å². The fraction of sp³-hybridized carbons (Fsp3) is 0.435. The molecule has 7 heteroatoms. The number of nitrogens with one attached hydrogen (secondary N) is 1. The molecule has 2 saturated heterocycles. The van der Waals surface area contributed by atoms with Gasteiger partial charge < -0.3 is 14.5 Å². The van der Waals surface area contributed by atoms with Gasteiger partial charge in [0.1, 0.15) is 5.60 Å². The van der Waals surface area contributed by atoms with E-state index in [1.54, 1.807) is 18.1 Å². The molecule has 0 unspecified atom stereocenters. The van der Waals surface area contributed by atoms with Crippen LogP contribution in [0.1, 0.15) is 22.4 Å². The van der Waals surface area contributed by atoms with Gasteiger partial charge in [0.25, 0.3) is 0 Å². The molecular formula is C23H26N4O3. The Hall–Kier alpha value is -2.93. The van der Waals surface area contributed by atoms with Gasteiger partial charge in [-0.3, -0.25) is 14.7 Å². The molecule has 5 rings (SSSR count). The highest BCUT2D eigenvalue weighted by Gasteiger charge is 2.67. The second-order valence-electron chi connectivity index (χ2n) is 8.79. The number of amides is 2. The Bertz CT molecular complexity index is 1030. The molecule has 2 aromatic rings. The van der Waals surface area contributed by atoms with Crippen molar-refractivity contribution in [2.24, 2.45) is 11.8 Å². The first-order chi connectivity index (χ1) is 14.4. The van der Waals surface area contributed by atoms with E-state index in [4.69, 9.17) is 4.74 Å². The Morgan fingerprint density at radius 2 is 2.17 bits per heavy atom. The highest BCUT2D eigenvalue weighted by molar-refractivity contribution is 5.93. The predicted octanol–water partition coefficient (Wildman–Crippen LogP) is 1.97. The molecule has 2 amide bonds. The number of nitrogens with zero attached hydrogens (tertiary/aromatic N) is 3. The van der Waals surface area contributed by atoms with Gasteiger partial charge in [0.05, 0.1) is 36.7 Å². The topological polar surface area (TPSA) is 78.5 Å². The molecule has 0 radical (unpaired) electrons. The van der Waals surface area contributed by atoms with Crippen molar-refractivity contribution >= 4 is 11.8 Å². The van der Waals surface area contributed by atoms with Crippen molar-refractivity contribution in [2.45, 2.75) is 38.6 Å². The summed E-state index contributed by atoms with van der Waals surface area (Å²) >= 11 is 0. The molecule has 30 heavy (non-hydrogen) atoms. The van der Waals surface area contributed by atoms with Crippen LogP contribution in [0.5, 0.6) is 0 Å². The summed E-state index contributed by atoms with van der Waals surface area (Å²) in [5, 5.41) is 6.82. The van der Waals surface area contributed by atoms with Gasteiger partial charge in [-0.25, -0.2) is 0 Å². The number of hydrogen-bond donors (Lipinski definition) is 1. The number of carbonyl (C=O) groups is 2. The first-order valence-electron chi connectivity index (χ1n) is 10.3. The lowest BCUT2D eigenvalue weighted by Gasteiger charge is -2.27. The lowest BCUT2D eigenvalue weighted by atomic mass is 9.76.